The third kappa shape index (κ3) is 3.65. The summed E-state index contributed by atoms with van der Waals surface area (Å²) in [6.07, 6.45) is 11.0. The Hall–Kier alpha value is -0.0800. The van der Waals surface area contributed by atoms with Crippen LogP contribution >= 0.6 is 0 Å². The number of nitrogens with one attached hydrogen (secondary N) is 1. The van der Waals surface area contributed by atoms with Crippen molar-refractivity contribution >= 4 is 0 Å². The molecule has 1 fully saturated rings. The lowest BCUT2D eigenvalue weighted by Gasteiger charge is -2.18. The quantitative estimate of drug-likeness (QED) is 0.378. The molecule has 0 aromatic rings. The van der Waals surface area contributed by atoms with Gasteiger partial charge < -0.3 is 0 Å². The van der Waals surface area contributed by atoms with Crippen molar-refractivity contribution in [3.8, 4) is 0 Å². The Morgan fingerprint density at radius 2 is 2.08 bits per heavy atom. The minimum atomic E-state index is 0.613. The lowest BCUT2D eigenvalue weighted by molar-refractivity contribution is 0.371. The van der Waals surface area contributed by atoms with Crippen LogP contribution < -0.4 is 11.3 Å². The lowest BCUT2D eigenvalue weighted by Crippen LogP contribution is -2.37. The van der Waals surface area contributed by atoms with Crippen molar-refractivity contribution in [1.82, 2.24) is 5.43 Å². The smallest absolute Gasteiger partial charge is 0.0238 e. The van der Waals surface area contributed by atoms with E-state index in [0.717, 1.165) is 5.92 Å². The fraction of sp³-hybridized carbons (Fsp3) is 1.00. The molecule has 2 nitrogen and oxygen atoms in total. The Balaban J connectivity index is 2.06. The zero-order chi connectivity index (χ0) is 9.52. The van der Waals surface area contributed by atoms with Crippen LogP contribution in [-0.2, 0) is 0 Å². The van der Waals surface area contributed by atoms with Crippen molar-refractivity contribution in [2.24, 2.45) is 11.8 Å². The Morgan fingerprint density at radius 3 is 2.77 bits per heavy atom. The summed E-state index contributed by atoms with van der Waals surface area (Å²) in [6.45, 7) is 2.26. The maximum atomic E-state index is 5.50. The van der Waals surface area contributed by atoms with E-state index < -0.39 is 0 Å². The van der Waals surface area contributed by atoms with E-state index in [1.807, 2.05) is 0 Å². The number of hydrogen-bond acceptors (Lipinski definition) is 2. The summed E-state index contributed by atoms with van der Waals surface area (Å²) in [4.78, 5) is 0. The number of nitrogens with two attached hydrogens (primary N) is 1. The molecule has 3 N–H and O–H groups in total. The molecule has 0 spiro atoms. The van der Waals surface area contributed by atoms with Gasteiger partial charge >= 0.3 is 0 Å². The number of unbranched alkanes of at least 4 members (excludes halogenated alkanes) is 3. The van der Waals surface area contributed by atoms with Gasteiger partial charge in [-0.2, -0.15) is 0 Å². The van der Waals surface area contributed by atoms with Gasteiger partial charge in [-0.1, -0.05) is 39.0 Å². The largest absolute Gasteiger partial charge is 0.271 e. The van der Waals surface area contributed by atoms with Gasteiger partial charge in [0.25, 0.3) is 0 Å². The highest BCUT2D eigenvalue weighted by Gasteiger charge is 2.25. The van der Waals surface area contributed by atoms with Crippen molar-refractivity contribution in [1.29, 1.82) is 0 Å². The predicted molar refractivity (Wildman–Crippen MR) is 57.2 cm³/mol. The van der Waals surface area contributed by atoms with Crippen LogP contribution in [-0.4, -0.2) is 6.04 Å². The summed E-state index contributed by atoms with van der Waals surface area (Å²) in [5.41, 5.74) is 2.95. The van der Waals surface area contributed by atoms with Crippen LogP contribution in [0.1, 0.15) is 58.3 Å². The van der Waals surface area contributed by atoms with E-state index in [0.29, 0.717) is 6.04 Å². The van der Waals surface area contributed by atoms with Crippen molar-refractivity contribution in [3.63, 3.8) is 0 Å². The van der Waals surface area contributed by atoms with E-state index in [1.165, 1.54) is 51.4 Å². The minimum absolute atomic E-state index is 0.613. The highest BCUT2D eigenvalue weighted by molar-refractivity contribution is 4.81. The summed E-state index contributed by atoms with van der Waals surface area (Å²) in [6, 6.07) is 0.613. The molecule has 1 aliphatic rings. The molecular weight excluding hydrogens is 160 g/mol. The number of hydrogen-bond donors (Lipinski definition) is 2. The lowest BCUT2D eigenvalue weighted by atomic mass is 9.96. The molecule has 1 aliphatic carbocycles. The van der Waals surface area contributed by atoms with E-state index in [-0.39, 0.29) is 0 Å². The zero-order valence-electron chi connectivity index (χ0n) is 8.89. The van der Waals surface area contributed by atoms with Gasteiger partial charge in [-0.15, -0.1) is 0 Å². The molecule has 2 atom stereocenters. The Kier molecular flexibility index (Phi) is 5.40. The second kappa shape index (κ2) is 6.39. The van der Waals surface area contributed by atoms with Gasteiger partial charge in [-0.25, -0.2) is 0 Å². The van der Waals surface area contributed by atoms with Crippen molar-refractivity contribution in [2.45, 2.75) is 64.3 Å². The average molecular weight is 184 g/mol. The molecule has 0 aliphatic heterocycles. The van der Waals surface area contributed by atoms with Crippen LogP contribution in [0.3, 0.4) is 0 Å². The number of rotatable bonds is 6. The zero-order valence-corrected chi connectivity index (χ0v) is 8.89. The molecule has 0 saturated heterocycles. The average Bonchev–Trinajstić information content (AvgIpc) is 2.60. The molecule has 0 radical (unpaired) electrons. The minimum Gasteiger partial charge on any atom is -0.271 e. The highest BCUT2D eigenvalue weighted by Crippen LogP contribution is 2.29. The molecular formula is C11H24N2. The molecule has 0 aromatic carbocycles. The first-order valence-corrected chi connectivity index (χ1v) is 5.84. The summed E-state index contributed by atoms with van der Waals surface area (Å²) in [5.74, 6) is 6.37. The third-order valence-electron chi connectivity index (χ3n) is 3.30. The number of hydrazine groups is 1. The second-order valence-corrected chi connectivity index (χ2v) is 4.31. The molecule has 1 rings (SSSR count). The molecule has 0 bridgehead atoms. The van der Waals surface area contributed by atoms with Crippen molar-refractivity contribution < 1.29 is 0 Å². The van der Waals surface area contributed by atoms with Gasteiger partial charge in [-0.05, 0) is 25.2 Å². The van der Waals surface area contributed by atoms with Crippen molar-refractivity contribution in [3.05, 3.63) is 0 Å². The normalized spacial score (nSPS) is 28.2. The van der Waals surface area contributed by atoms with E-state index >= 15 is 0 Å². The van der Waals surface area contributed by atoms with Gasteiger partial charge in [0.1, 0.15) is 0 Å². The Bertz CT molecular complexity index is 125. The summed E-state index contributed by atoms with van der Waals surface area (Å²) < 4.78 is 0. The first-order chi connectivity index (χ1) is 6.38. The predicted octanol–water partition coefficient (Wildman–Crippen LogP) is 2.59. The highest BCUT2D eigenvalue weighted by atomic mass is 15.2. The monoisotopic (exact) mass is 184 g/mol. The van der Waals surface area contributed by atoms with Gasteiger partial charge in [0.05, 0.1) is 0 Å². The molecule has 13 heavy (non-hydrogen) atoms. The summed E-state index contributed by atoms with van der Waals surface area (Å²) >= 11 is 0. The third-order valence-corrected chi connectivity index (χ3v) is 3.30. The van der Waals surface area contributed by atoms with Gasteiger partial charge in [0.2, 0.25) is 0 Å². The van der Waals surface area contributed by atoms with Crippen molar-refractivity contribution in [2.75, 3.05) is 0 Å². The maximum absolute atomic E-state index is 5.50. The van der Waals surface area contributed by atoms with Crippen LogP contribution in [0, 0.1) is 5.92 Å². The van der Waals surface area contributed by atoms with E-state index in [2.05, 4.69) is 12.3 Å². The first-order valence-electron chi connectivity index (χ1n) is 5.84. The summed E-state index contributed by atoms with van der Waals surface area (Å²) in [5, 5.41) is 0. The maximum Gasteiger partial charge on any atom is 0.0238 e. The Labute approximate surface area is 82.2 Å². The van der Waals surface area contributed by atoms with Gasteiger partial charge in [-0.3, -0.25) is 11.3 Å². The second-order valence-electron chi connectivity index (χ2n) is 4.31. The molecule has 0 unspecified atom stereocenters. The molecule has 1 saturated carbocycles. The summed E-state index contributed by atoms with van der Waals surface area (Å²) in [7, 11) is 0. The van der Waals surface area contributed by atoms with Gasteiger partial charge in [0.15, 0.2) is 0 Å². The van der Waals surface area contributed by atoms with E-state index in [1.54, 1.807) is 0 Å². The molecule has 0 aromatic heterocycles. The SMILES string of the molecule is CCCCCC[C@@H]1CCC[C@H]1NN. The van der Waals surface area contributed by atoms with E-state index in [4.69, 9.17) is 5.84 Å². The fourth-order valence-electron chi connectivity index (χ4n) is 2.44. The topological polar surface area (TPSA) is 38.0 Å². The molecule has 2 heteroatoms. The first kappa shape index (κ1) is 11.0. The molecule has 0 amide bonds. The molecule has 78 valence electrons. The Morgan fingerprint density at radius 1 is 1.23 bits per heavy atom. The fourth-order valence-corrected chi connectivity index (χ4v) is 2.44. The van der Waals surface area contributed by atoms with Crippen LogP contribution in [0.15, 0.2) is 0 Å². The van der Waals surface area contributed by atoms with Crippen LogP contribution in [0.5, 0.6) is 0 Å². The van der Waals surface area contributed by atoms with Crippen LogP contribution in [0.25, 0.3) is 0 Å². The molecule has 0 heterocycles. The standard InChI is InChI=1S/C11H24N2/c1-2-3-4-5-7-10-8-6-9-11(10)13-12/h10-11,13H,2-9,12H2,1H3/t10-,11-/m1/s1. The van der Waals surface area contributed by atoms with Gasteiger partial charge in [0, 0.05) is 6.04 Å². The van der Waals surface area contributed by atoms with Crippen LogP contribution in [0.2, 0.25) is 0 Å². The van der Waals surface area contributed by atoms with Crippen LogP contribution in [0.4, 0.5) is 0 Å². The van der Waals surface area contributed by atoms with E-state index in [9.17, 15) is 0 Å².